The van der Waals surface area contributed by atoms with Crippen molar-refractivity contribution >= 4 is 11.9 Å². The van der Waals surface area contributed by atoms with Gasteiger partial charge in [0, 0.05) is 30.1 Å². The van der Waals surface area contributed by atoms with Gasteiger partial charge < -0.3 is 29.5 Å². The molecule has 3 fully saturated rings. The zero-order valence-corrected chi connectivity index (χ0v) is 23.9. The maximum atomic E-state index is 13.7. The number of aliphatic hydroxyl groups is 3. The molecule has 10 atom stereocenters. The van der Waals surface area contributed by atoms with E-state index in [0.29, 0.717) is 12.0 Å². The van der Waals surface area contributed by atoms with E-state index < -0.39 is 70.2 Å². The van der Waals surface area contributed by atoms with Crippen molar-refractivity contribution in [1.82, 2.24) is 0 Å². The first kappa shape index (κ1) is 28.3. The molecule has 0 spiro atoms. The molecule has 2 bridgehead atoms. The van der Waals surface area contributed by atoms with Crippen molar-refractivity contribution in [2.45, 2.75) is 96.9 Å². The van der Waals surface area contributed by atoms with Crippen LogP contribution in [0.1, 0.15) is 71.7 Å². The number of fused-ring (bicyclic) bond motifs is 5. The SMILES string of the molecule is CC(=O)O[C@@]12CO[C@@H]1C[C@H](C)[C@]1(C)C2[C@H](OC(=O)c2ccccc2)[C@]2(O)C[C@H](O)C(C)=C([C@@H](C)[C@@H]1O)C2(C)C. The molecule has 2 saturated carbocycles. The average molecular weight is 543 g/mol. The van der Waals surface area contributed by atoms with E-state index in [-0.39, 0.29) is 18.9 Å². The van der Waals surface area contributed by atoms with Crippen LogP contribution in [0.25, 0.3) is 0 Å². The number of benzene rings is 1. The summed E-state index contributed by atoms with van der Waals surface area (Å²) in [4.78, 5) is 26.3. The van der Waals surface area contributed by atoms with Crippen LogP contribution < -0.4 is 0 Å². The Kier molecular flexibility index (Phi) is 6.62. The smallest absolute Gasteiger partial charge is 0.338 e. The molecule has 4 aliphatic rings. The standard InChI is InChI=1S/C31H42O8/c1-16-13-22-30(15-37-22,39-19(4)32)24-26(38-27(35)20-11-9-8-10-12-20)31(36)14-21(33)17(2)23(28(31,5)6)18(3)25(34)29(16,24)7/h8-12,16,18,21-22,24-26,33-34,36H,13-15H2,1-7H3/t16-,18+,21-,22+,24?,25-,26-,29+,30-,31+/m0/s1. The monoisotopic (exact) mass is 542 g/mol. The first-order valence-corrected chi connectivity index (χ1v) is 14.0. The fraction of sp³-hybridized carbons (Fsp3) is 0.677. The zero-order valence-electron chi connectivity index (χ0n) is 23.9. The molecule has 8 heteroatoms. The Bertz CT molecular complexity index is 1190. The molecule has 5 rings (SSSR count). The lowest BCUT2D eigenvalue weighted by Gasteiger charge is -2.69. The van der Waals surface area contributed by atoms with Gasteiger partial charge in [-0.2, -0.15) is 0 Å². The summed E-state index contributed by atoms with van der Waals surface area (Å²) in [5.41, 5.74) is -3.14. The van der Waals surface area contributed by atoms with E-state index in [2.05, 4.69) is 0 Å². The summed E-state index contributed by atoms with van der Waals surface area (Å²) in [6.07, 6.45) is -3.22. The second kappa shape index (κ2) is 9.13. The quantitative estimate of drug-likeness (QED) is 0.392. The van der Waals surface area contributed by atoms with Gasteiger partial charge in [0.15, 0.2) is 5.60 Å². The summed E-state index contributed by atoms with van der Waals surface area (Å²) in [5, 5.41) is 36.4. The zero-order chi connectivity index (χ0) is 28.7. The number of carbonyl (C=O) groups is 2. The Hall–Kier alpha value is -2.26. The summed E-state index contributed by atoms with van der Waals surface area (Å²) in [5.74, 6) is -2.54. The van der Waals surface area contributed by atoms with Gasteiger partial charge in [0.25, 0.3) is 0 Å². The van der Waals surface area contributed by atoms with Crippen molar-refractivity contribution in [1.29, 1.82) is 0 Å². The molecule has 8 nitrogen and oxygen atoms in total. The Labute approximate surface area is 230 Å². The number of rotatable bonds is 3. The van der Waals surface area contributed by atoms with Crippen molar-refractivity contribution in [2.75, 3.05) is 6.61 Å². The normalized spacial score (nSPS) is 44.6. The lowest BCUT2D eigenvalue weighted by molar-refractivity contribution is -0.356. The van der Waals surface area contributed by atoms with Crippen molar-refractivity contribution in [3.8, 4) is 0 Å². The van der Waals surface area contributed by atoms with Crippen LogP contribution in [0, 0.1) is 28.6 Å². The predicted molar refractivity (Wildman–Crippen MR) is 142 cm³/mol. The van der Waals surface area contributed by atoms with Gasteiger partial charge in [-0.1, -0.05) is 58.4 Å². The summed E-state index contributed by atoms with van der Waals surface area (Å²) in [6, 6.07) is 8.54. The van der Waals surface area contributed by atoms with Gasteiger partial charge in [-0.15, -0.1) is 0 Å². The molecule has 0 radical (unpaired) electrons. The van der Waals surface area contributed by atoms with Gasteiger partial charge in [-0.25, -0.2) is 4.79 Å². The Morgan fingerprint density at radius 3 is 2.28 bits per heavy atom. The number of carbonyl (C=O) groups excluding carboxylic acids is 2. The second-order valence-electron chi connectivity index (χ2n) is 13.1. The summed E-state index contributed by atoms with van der Waals surface area (Å²) in [7, 11) is 0. The largest absolute Gasteiger partial charge is 0.455 e. The highest BCUT2D eigenvalue weighted by Gasteiger charge is 2.76. The topological polar surface area (TPSA) is 123 Å². The molecule has 1 unspecified atom stereocenters. The van der Waals surface area contributed by atoms with Crippen LogP contribution in [-0.4, -0.2) is 69.5 Å². The van der Waals surface area contributed by atoms with Crippen LogP contribution in [0.15, 0.2) is 41.5 Å². The highest BCUT2D eigenvalue weighted by molar-refractivity contribution is 5.89. The summed E-state index contributed by atoms with van der Waals surface area (Å²) >= 11 is 0. The molecule has 39 heavy (non-hydrogen) atoms. The maximum absolute atomic E-state index is 13.7. The number of ether oxygens (including phenoxy) is 3. The fourth-order valence-electron chi connectivity index (χ4n) is 8.72. The number of aliphatic hydroxyl groups excluding tert-OH is 2. The van der Waals surface area contributed by atoms with Gasteiger partial charge in [0.05, 0.1) is 30.3 Å². The minimum absolute atomic E-state index is 0.0610. The molecule has 1 saturated heterocycles. The number of esters is 2. The third kappa shape index (κ3) is 3.71. The Morgan fingerprint density at radius 1 is 1.08 bits per heavy atom. The van der Waals surface area contributed by atoms with E-state index in [0.717, 1.165) is 11.1 Å². The molecule has 1 aromatic rings. The van der Waals surface area contributed by atoms with E-state index in [1.807, 2.05) is 41.5 Å². The minimum Gasteiger partial charge on any atom is -0.455 e. The van der Waals surface area contributed by atoms with E-state index in [1.54, 1.807) is 30.3 Å². The van der Waals surface area contributed by atoms with Gasteiger partial charge >= 0.3 is 11.9 Å². The van der Waals surface area contributed by atoms with Crippen molar-refractivity contribution in [3.05, 3.63) is 47.0 Å². The maximum Gasteiger partial charge on any atom is 0.338 e. The molecule has 214 valence electrons. The molecule has 1 aliphatic heterocycles. The highest BCUT2D eigenvalue weighted by atomic mass is 16.6. The first-order chi connectivity index (χ1) is 18.1. The van der Waals surface area contributed by atoms with Gasteiger partial charge in [0.1, 0.15) is 17.8 Å². The molecule has 1 aromatic carbocycles. The Balaban J connectivity index is 1.80. The average Bonchev–Trinajstić information content (AvgIpc) is 2.87. The predicted octanol–water partition coefficient (Wildman–Crippen LogP) is 3.42. The second-order valence-corrected chi connectivity index (χ2v) is 13.1. The molecule has 3 N–H and O–H groups in total. The molecule has 0 aromatic heterocycles. The van der Waals surface area contributed by atoms with E-state index >= 15 is 0 Å². The van der Waals surface area contributed by atoms with Crippen LogP contribution >= 0.6 is 0 Å². The third-order valence-corrected chi connectivity index (χ3v) is 11.0. The van der Waals surface area contributed by atoms with Crippen LogP contribution in [-0.2, 0) is 19.0 Å². The molecular formula is C31H42O8. The van der Waals surface area contributed by atoms with Gasteiger partial charge in [0.2, 0.25) is 0 Å². The van der Waals surface area contributed by atoms with Gasteiger partial charge in [-0.3, -0.25) is 4.79 Å². The van der Waals surface area contributed by atoms with Crippen LogP contribution in [0.5, 0.6) is 0 Å². The third-order valence-electron chi connectivity index (χ3n) is 11.0. The molecule has 1 heterocycles. The van der Waals surface area contributed by atoms with Crippen LogP contribution in [0.4, 0.5) is 0 Å². The van der Waals surface area contributed by atoms with Crippen molar-refractivity contribution < 1.29 is 39.1 Å². The van der Waals surface area contributed by atoms with E-state index in [9.17, 15) is 24.9 Å². The first-order valence-electron chi connectivity index (χ1n) is 14.0. The van der Waals surface area contributed by atoms with Crippen LogP contribution in [0.3, 0.4) is 0 Å². The lowest BCUT2D eigenvalue weighted by Crippen LogP contribution is -2.80. The fourth-order valence-corrected chi connectivity index (χ4v) is 8.72. The number of hydrogen-bond donors (Lipinski definition) is 3. The molecule has 0 amide bonds. The lowest BCUT2D eigenvalue weighted by atomic mass is 9.42. The summed E-state index contributed by atoms with van der Waals surface area (Å²) in [6.45, 7) is 12.9. The van der Waals surface area contributed by atoms with E-state index in [1.165, 1.54) is 6.92 Å². The van der Waals surface area contributed by atoms with E-state index in [4.69, 9.17) is 14.2 Å². The number of hydrogen-bond acceptors (Lipinski definition) is 8. The molecular weight excluding hydrogens is 500 g/mol. The van der Waals surface area contributed by atoms with Crippen molar-refractivity contribution in [3.63, 3.8) is 0 Å². The van der Waals surface area contributed by atoms with Gasteiger partial charge in [-0.05, 0) is 37.0 Å². The summed E-state index contributed by atoms with van der Waals surface area (Å²) < 4.78 is 18.4. The Morgan fingerprint density at radius 2 is 1.72 bits per heavy atom. The van der Waals surface area contributed by atoms with Crippen LogP contribution in [0.2, 0.25) is 0 Å². The van der Waals surface area contributed by atoms with Crippen molar-refractivity contribution in [2.24, 2.45) is 28.6 Å². The minimum atomic E-state index is -1.75. The highest BCUT2D eigenvalue weighted by Crippen LogP contribution is 2.67. The molecule has 3 aliphatic carbocycles.